The van der Waals surface area contributed by atoms with Crippen LogP contribution in [0.5, 0.6) is 0 Å². The summed E-state index contributed by atoms with van der Waals surface area (Å²) >= 11 is 0. The molecule has 182 valence electrons. The molecular formula is C26H43NO5. The third-order valence-corrected chi connectivity index (χ3v) is 10.7. The summed E-state index contributed by atoms with van der Waals surface area (Å²) in [5.41, 5.74) is 0.451. The molecule has 4 N–H and O–H groups in total. The topological polar surface area (TPSA) is 107 Å². The third kappa shape index (κ3) is 4.11. The molecule has 0 heterocycles. The minimum absolute atomic E-state index is 0.177. The van der Waals surface area contributed by atoms with Gasteiger partial charge in [0.2, 0.25) is 5.91 Å². The van der Waals surface area contributed by atoms with Gasteiger partial charge in [-0.05, 0) is 104 Å². The number of carboxylic acids is 1. The van der Waals surface area contributed by atoms with Crippen molar-refractivity contribution < 1.29 is 24.9 Å². The van der Waals surface area contributed by atoms with Gasteiger partial charge < -0.3 is 20.6 Å². The van der Waals surface area contributed by atoms with E-state index in [4.69, 9.17) is 5.11 Å². The fourth-order valence-electron chi connectivity index (χ4n) is 9.00. The molecule has 0 bridgehead atoms. The number of hydrogen-bond donors (Lipinski definition) is 4. The molecule has 0 saturated heterocycles. The number of carbonyl (C=O) groups is 2. The number of fused-ring (bicyclic) bond motifs is 5. The molecule has 0 aromatic carbocycles. The summed E-state index contributed by atoms with van der Waals surface area (Å²) in [4.78, 5) is 22.7. The molecule has 0 unspecified atom stereocenters. The van der Waals surface area contributed by atoms with Crippen molar-refractivity contribution >= 4 is 11.9 Å². The first-order chi connectivity index (χ1) is 15.1. The van der Waals surface area contributed by atoms with Gasteiger partial charge in [0.15, 0.2) is 0 Å². The Kier molecular flexibility index (Phi) is 6.68. The lowest BCUT2D eigenvalue weighted by Crippen LogP contribution is -2.58. The number of aliphatic hydroxyl groups excluding tert-OH is 2. The van der Waals surface area contributed by atoms with Crippen LogP contribution in [0.1, 0.15) is 85.0 Å². The predicted molar refractivity (Wildman–Crippen MR) is 122 cm³/mol. The van der Waals surface area contributed by atoms with Gasteiger partial charge in [0.25, 0.3) is 0 Å². The maximum absolute atomic E-state index is 12.0. The van der Waals surface area contributed by atoms with E-state index < -0.39 is 5.97 Å². The van der Waals surface area contributed by atoms with Crippen LogP contribution in [0, 0.1) is 46.3 Å². The Morgan fingerprint density at radius 3 is 2.41 bits per heavy atom. The van der Waals surface area contributed by atoms with Gasteiger partial charge in [-0.2, -0.15) is 0 Å². The van der Waals surface area contributed by atoms with E-state index >= 15 is 0 Å². The highest BCUT2D eigenvalue weighted by Gasteiger charge is 2.62. The monoisotopic (exact) mass is 449 g/mol. The number of nitrogens with one attached hydrogen (secondary N) is 1. The van der Waals surface area contributed by atoms with Crippen molar-refractivity contribution in [2.45, 2.75) is 97.2 Å². The first-order valence-electron chi connectivity index (χ1n) is 12.9. The summed E-state index contributed by atoms with van der Waals surface area (Å²) in [6.07, 6.45) is 9.06. The molecule has 1 amide bonds. The third-order valence-electron chi connectivity index (χ3n) is 10.7. The molecular weight excluding hydrogens is 406 g/mol. The van der Waals surface area contributed by atoms with Crippen molar-refractivity contribution in [2.24, 2.45) is 46.3 Å². The van der Waals surface area contributed by atoms with Gasteiger partial charge in [-0.1, -0.05) is 20.8 Å². The highest BCUT2D eigenvalue weighted by Crippen LogP contribution is 2.68. The molecule has 4 saturated carbocycles. The van der Waals surface area contributed by atoms with E-state index in [9.17, 15) is 19.8 Å². The minimum Gasteiger partial charge on any atom is -0.480 e. The summed E-state index contributed by atoms with van der Waals surface area (Å²) < 4.78 is 0. The second kappa shape index (κ2) is 8.90. The Morgan fingerprint density at radius 2 is 1.69 bits per heavy atom. The van der Waals surface area contributed by atoms with Gasteiger partial charge in [-0.25, -0.2) is 0 Å². The smallest absolute Gasteiger partial charge is 0.322 e. The molecule has 32 heavy (non-hydrogen) atoms. The van der Waals surface area contributed by atoms with Crippen molar-refractivity contribution in [3.8, 4) is 0 Å². The van der Waals surface area contributed by atoms with Crippen LogP contribution in [0.3, 0.4) is 0 Å². The Morgan fingerprint density at radius 1 is 1.00 bits per heavy atom. The van der Waals surface area contributed by atoms with Gasteiger partial charge in [-0.3, -0.25) is 9.59 Å². The van der Waals surface area contributed by atoms with Crippen LogP contribution in [0.15, 0.2) is 0 Å². The molecule has 0 aromatic heterocycles. The first kappa shape index (κ1) is 24.0. The maximum atomic E-state index is 12.0. The number of amides is 1. The zero-order valence-corrected chi connectivity index (χ0v) is 20.1. The van der Waals surface area contributed by atoms with E-state index in [1.54, 1.807) is 0 Å². The summed E-state index contributed by atoms with van der Waals surface area (Å²) in [5, 5.41) is 32.8. The second-order valence-corrected chi connectivity index (χ2v) is 12.1. The Bertz CT molecular complexity index is 727. The molecule has 0 spiro atoms. The summed E-state index contributed by atoms with van der Waals surface area (Å²) in [6.45, 7) is 6.83. The number of aliphatic carboxylic acids is 1. The molecule has 0 aromatic rings. The Hall–Kier alpha value is -1.14. The predicted octanol–water partition coefficient (Wildman–Crippen LogP) is 3.59. The molecule has 4 aliphatic rings. The molecule has 10 atom stereocenters. The molecule has 4 rings (SSSR count). The molecule has 4 fully saturated rings. The van der Waals surface area contributed by atoms with Crippen LogP contribution in [0.2, 0.25) is 0 Å². The van der Waals surface area contributed by atoms with Crippen LogP contribution in [-0.2, 0) is 9.59 Å². The van der Waals surface area contributed by atoms with Gasteiger partial charge in [0, 0.05) is 6.42 Å². The average Bonchev–Trinajstić information content (AvgIpc) is 3.09. The summed E-state index contributed by atoms with van der Waals surface area (Å²) in [5.74, 6) is 1.66. The van der Waals surface area contributed by atoms with E-state index in [1.165, 1.54) is 12.8 Å². The number of rotatable bonds is 6. The Balaban J connectivity index is 1.44. The normalized spacial score (nSPS) is 46.5. The van der Waals surface area contributed by atoms with Crippen LogP contribution >= 0.6 is 0 Å². The standard InChI is InChI=1S/C26H43NO5/c1-15(4-7-22(30)27-14-23(31)32)18-5-6-19-24-20(9-11-26(18,19)3)25(2)10-8-17(28)12-16(25)13-21(24)29/h15-21,24,28-29H,4-14H2,1-3H3,(H,27,30)(H,31,32)/t15-,16+,17-,18+,19-,20-,21+,24-,25-,26+/m0/s1. The van der Waals surface area contributed by atoms with Crippen molar-refractivity contribution in [1.82, 2.24) is 5.32 Å². The zero-order valence-electron chi connectivity index (χ0n) is 20.1. The Labute approximate surface area is 192 Å². The number of aliphatic hydroxyl groups is 2. The van der Waals surface area contributed by atoms with Gasteiger partial charge in [0.1, 0.15) is 6.54 Å². The molecule has 0 radical (unpaired) electrons. The lowest BCUT2D eigenvalue weighted by atomic mass is 9.43. The minimum atomic E-state index is -1.01. The lowest BCUT2D eigenvalue weighted by molar-refractivity contribution is -0.174. The SMILES string of the molecule is C[C@@H](CCC(=O)NCC(=O)O)[C@H]1CC[C@H]2[C@@H]3[C@H](O)C[C@H]4C[C@@H](O)CC[C@]4(C)[C@H]3CC[C@]12C. The molecule has 0 aliphatic heterocycles. The number of hydrogen-bond acceptors (Lipinski definition) is 4. The van der Waals surface area contributed by atoms with Crippen molar-refractivity contribution in [1.29, 1.82) is 0 Å². The lowest BCUT2D eigenvalue weighted by Gasteiger charge is -2.62. The fourth-order valence-corrected chi connectivity index (χ4v) is 9.00. The quantitative estimate of drug-likeness (QED) is 0.496. The maximum Gasteiger partial charge on any atom is 0.322 e. The van der Waals surface area contributed by atoms with E-state index in [0.29, 0.717) is 41.9 Å². The van der Waals surface area contributed by atoms with Crippen LogP contribution in [-0.4, -0.2) is 45.9 Å². The van der Waals surface area contributed by atoms with E-state index in [1.807, 2.05) is 0 Å². The molecule has 4 aliphatic carbocycles. The van der Waals surface area contributed by atoms with Crippen LogP contribution in [0.25, 0.3) is 0 Å². The fraction of sp³-hybridized carbons (Fsp3) is 0.923. The van der Waals surface area contributed by atoms with E-state index in [-0.39, 0.29) is 35.5 Å². The van der Waals surface area contributed by atoms with Crippen LogP contribution in [0.4, 0.5) is 0 Å². The largest absolute Gasteiger partial charge is 0.480 e. The van der Waals surface area contributed by atoms with Gasteiger partial charge >= 0.3 is 5.97 Å². The average molecular weight is 450 g/mol. The van der Waals surface area contributed by atoms with Crippen molar-refractivity contribution in [2.75, 3.05) is 6.54 Å². The van der Waals surface area contributed by atoms with Gasteiger partial charge in [0.05, 0.1) is 12.2 Å². The highest BCUT2D eigenvalue weighted by atomic mass is 16.4. The summed E-state index contributed by atoms with van der Waals surface area (Å²) in [6, 6.07) is 0. The molecule has 6 nitrogen and oxygen atoms in total. The van der Waals surface area contributed by atoms with E-state index in [2.05, 4.69) is 26.1 Å². The zero-order chi connectivity index (χ0) is 23.3. The second-order valence-electron chi connectivity index (χ2n) is 12.1. The van der Waals surface area contributed by atoms with Gasteiger partial charge in [-0.15, -0.1) is 0 Å². The van der Waals surface area contributed by atoms with Crippen molar-refractivity contribution in [3.05, 3.63) is 0 Å². The number of carboxylic acid groups (broad SMARTS) is 1. The highest BCUT2D eigenvalue weighted by molar-refractivity contribution is 5.81. The summed E-state index contributed by atoms with van der Waals surface area (Å²) in [7, 11) is 0. The van der Waals surface area contributed by atoms with E-state index in [0.717, 1.165) is 44.9 Å². The number of carbonyl (C=O) groups excluding carboxylic acids is 1. The van der Waals surface area contributed by atoms with Crippen LogP contribution < -0.4 is 5.32 Å². The molecule has 6 heteroatoms. The van der Waals surface area contributed by atoms with Crippen molar-refractivity contribution in [3.63, 3.8) is 0 Å². The first-order valence-corrected chi connectivity index (χ1v) is 12.9.